The molecule has 2 aromatic carbocycles. The molecule has 0 saturated carbocycles. The van der Waals surface area contributed by atoms with Gasteiger partial charge in [0.2, 0.25) is 0 Å². The highest BCUT2D eigenvalue weighted by Gasteiger charge is 2.21. The highest BCUT2D eigenvalue weighted by atomic mass is 35.5. The highest BCUT2D eigenvalue weighted by molar-refractivity contribution is 6.30. The first-order chi connectivity index (χ1) is 12.3. The first-order valence-electron chi connectivity index (χ1n) is 7.58. The molecule has 2 aromatic rings. The van der Waals surface area contributed by atoms with E-state index in [-0.39, 0.29) is 22.7 Å². The molecule has 138 valence electrons. The van der Waals surface area contributed by atoms with E-state index in [4.69, 9.17) is 25.8 Å². The number of hydrogen-bond donors (Lipinski definition) is 2. The molecule has 2 N–H and O–H groups in total. The largest absolute Gasteiger partial charge is 0.493 e. The molecule has 0 radical (unpaired) electrons. The third-order valence-corrected chi connectivity index (χ3v) is 3.73. The Labute approximate surface area is 155 Å². The summed E-state index contributed by atoms with van der Waals surface area (Å²) in [6.45, 7) is 1.54. The summed E-state index contributed by atoms with van der Waals surface area (Å²) in [6.07, 6.45) is -0.886. The lowest BCUT2D eigenvalue weighted by Crippen LogP contribution is -2.30. The monoisotopic (exact) mass is 379 g/mol. The van der Waals surface area contributed by atoms with E-state index in [0.29, 0.717) is 10.8 Å². The summed E-state index contributed by atoms with van der Waals surface area (Å²) in [5, 5.41) is 12.4. The Bertz CT molecular complexity index is 823. The number of amides is 1. The predicted octanol–water partition coefficient (Wildman–Crippen LogP) is 3.46. The van der Waals surface area contributed by atoms with Crippen molar-refractivity contribution >= 4 is 29.2 Å². The zero-order valence-corrected chi connectivity index (χ0v) is 15.2. The summed E-state index contributed by atoms with van der Waals surface area (Å²) in [5.74, 6) is -0.794. The third-order valence-electron chi connectivity index (χ3n) is 3.49. The van der Waals surface area contributed by atoms with Crippen molar-refractivity contribution in [2.24, 2.45) is 0 Å². The predicted molar refractivity (Wildman–Crippen MR) is 96.7 cm³/mol. The molecule has 8 heteroatoms. The quantitative estimate of drug-likeness (QED) is 0.765. The van der Waals surface area contributed by atoms with Gasteiger partial charge in [-0.05, 0) is 25.1 Å². The molecule has 1 unspecified atom stereocenters. The van der Waals surface area contributed by atoms with Crippen LogP contribution in [0.3, 0.4) is 0 Å². The van der Waals surface area contributed by atoms with Crippen molar-refractivity contribution in [1.29, 1.82) is 0 Å². The van der Waals surface area contributed by atoms with Crippen LogP contribution in [0.1, 0.15) is 17.3 Å². The summed E-state index contributed by atoms with van der Waals surface area (Å²) in [6, 6.07) is 9.27. The Morgan fingerprint density at radius 3 is 2.35 bits per heavy atom. The maximum Gasteiger partial charge on any atom is 0.337 e. The molecule has 0 aromatic heterocycles. The molecule has 0 bridgehead atoms. The minimum absolute atomic E-state index is 0.0710. The molecule has 1 amide bonds. The van der Waals surface area contributed by atoms with Crippen LogP contribution in [-0.4, -0.2) is 37.3 Å². The van der Waals surface area contributed by atoms with Crippen LogP contribution in [0.2, 0.25) is 5.02 Å². The zero-order chi connectivity index (χ0) is 19.3. The number of methoxy groups -OCH3 is 2. The first kappa shape index (κ1) is 19.4. The standard InChI is InChI=1S/C18H18ClNO6/c1-10(26-12-6-4-5-11(19)7-12)17(21)20-14-9-16(25-3)15(24-2)8-13(14)18(22)23/h4-10H,1-3H3,(H,20,21)(H,22,23). The number of rotatable bonds is 7. The number of hydrogen-bond acceptors (Lipinski definition) is 5. The Hall–Kier alpha value is -2.93. The van der Waals surface area contributed by atoms with Crippen molar-refractivity contribution in [1.82, 2.24) is 0 Å². The van der Waals surface area contributed by atoms with Crippen molar-refractivity contribution in [2.75, 3.05) is 19.5 Å². The third kappa shape index (κ3) is 4.58. The van der Waals surface area contributed by atoms with Crippen molar-refractivity contribution in [3.05, 3.63) is 47.0 Å². The summed E-state index contributed by atoms with van der Waals surface area (Å²) in [4.78, 5) is 23.9. The minimum atomic E-state index is -1.22. The van der Waals surface area contributed by atoms with Gasteiger partial charge in [-0.1, -0.05) is 17.7 Å². The molecule has 0 aliphatic heterocycles. The van der Waals surface area contributed by atoms with Crippen LogP contribution in [0.5, 0.6) is 17.2 Å². The number of carboxylic acids is 1. The van der Waals surface area contributed by atoms with E-state index in [1.165, 1.54) is 33.3 Å². The van der Waals surface area contributed by atoms with E-state index in [0.717, 1.165) is 0 Å². The number of aromatic carboxylic acids is 1. The fourth-order valence-corrected chi connectivity index (χ4v) is 2.37. The average molecular weight is 380 g/mol. The van der Waals surface area contributed by atoms with E-state index in [1.807, 2.05) is 0 Å². The van der Waals surface area contributed by atoms with E-state index in [1.54, 1.807) is 24.3 Å². The molecule has 0 spiro atoms. The Balaban J connectivity index is 2.22. The van der Waals surface area contributed by atoms with Gasteiger partial charge >= 0.3 is 5.97 Å². The SMILES string of the molecule is COc1cc(NC(=O)C(C)Oc2cccc(Cl)c2)c(C(=O)O)cc1OC. The van der Waals surface area contributed by atoms with Crippen LogP contribution < -0.4 is 19.5 Å². The van der Waals surface area contributed by atoms with E-state index >= 15 is 0 Å². The van der Waals surface area contributed by atoms with Crippen LogP contribution in [0.4, 0.5) is 5.69 Å². The molecule has 0 heterocycles. The van der Waals surface area contributed by atoms with E-state index in [9.17, 15) is 14.7 Å². The number of carbonyl (C=O) groups is 2. The molecule has 2 rings (SSSR count). The number of carboxylic acid groups (broad SMARTS) is 1. The second-order valence-electron chi connectivity index (χ2n) is 5.26. The lowest BCUT2D eigenvalue weighted by molar-refractivity contribution is -0.122. The van der Waals surface area contributed by atoms with Gasteiger partial charge in [0.1, 0.15) is 5.75 Å². The second-order valence-corrected chi connectivity index (χ2v) is 5.70. The maximum atomic E-state index is 12.4. The highest BCUT2D eigenvalue weighted by Crippen LogP contribution is 2.33. The van der Waals surface area contributed by atoms with Crippen LogP contribution in [0.15, 0.2) is 36.4 Å². The van der Waals surface area contributed by atoms with Crippen LogP contribution in [0.25, 0.3) is 0 Å². The number of ether oxygens (including phenoxy) is 3. The molecule has 0 saturated heterocycles. The zero-order valence-electron chi connectivity index (χ0n) is 14.4. The molecule has 0 aliphatic rings. The summed E-state index contributed by atoms with van der Waals surface area (Å²) >= 11 is 5.88. The molecule has 1 atom stereocenters. The van der Waals surface area contributed by atoms with Crippen molar-refractivity contribution in [3.8, 4) is 17.2 Å². The van der Waals surface area contributed by atoms with Gasteiger partial charge in [0.15, 0.2) is 17.6 Å². The molecular formula is C18H18ClNO6. The normalized spacial score (nSPS) is 11.4. The van der Waals surface area contributed by atoms with Gasteiger partial charge in [0.05, 0.1) is 25.5 Å². The van der Waals surface area contributed by atoms with Gasteiger partial charge in [0, 0.05) is 17.2 Å². The molecule has 0 fully saturated rings. The van der Waals surface area contributed by atoms with Crippen LogP contribution in [0, 0.1) is 0 Å². The smallest absolute Gasteiger partial charge is 0.337 e. The first-order valence-corrected chi connectivity index (χ1v) is 7.96. The van der Waals surface area contributed by atoms with E-state index in [2.05, 4.69) is 5.32 Å². The van der Waals surface area contributed by atoms with Crippen LogP contribution >= 0.6 is 11.6 Å². The molecule has 7 nitrogen and oxygen atoms in total. The number of benzene rings is 2. The molecule has 26 heavy (non-hydrogen) atoms. The Kier molecular flexibility index (Phi) is 6.30. The Morgan fingerprint density at radius 2 is 1.77 bits per heavy atom. The Morgan fingerprint density at radius 1 is 1.12 bits per heavy atom. The lowest BCUT2D eigenvalue weighted by Gasteiger charge is -2.17. The lowest BCUT2D eigenvalue weighted by atomic mass is 10.1. The van der Waals surface area contributed by atoms with Gasteiger partial charge in [-0.25, -0.2) is 4.79 Å². The number of nitrogens with one attached hydrogen (secondary N) is 1. The van der Waals surface area contributed by atoms with Crippen molar-refractivity contribution in [3.63, 3.8) is 0 Å². The van der Waals surface area contributed by atoms with Gasteiger partial charge < -0.3 is 24.6 Å². The minimum Gasteiger partial charge on any atom is -0.493 e. The number of carbonyl (C=O) groups excluding carboxylic acids is 1. The summed E-state index contributed by atoms with van der Waals surface area (Å²) < 4.78 is 15.8. The topological polar surface area (TPSA) is 94.1 Å². The van der Waals surface area contributed by atoms with Gasteiger partial charge in [0.25, 0.3) is 5.91 Å². The molecular weight excluding hydrogens is 362 g/mol. The van der Waals surface area contributed by atoms with Gasteiger partial charge in [-0.3, -0.25) is 4.79 Å². The second kappa shape index (κ2) is 8.44. The van der Waals surface area contributed by atoms with Crippen molar-refractivity contribution < 1.29 is 28.9 Å². The summed E-state index contributed by atoms with van der Waals surface area (Å²) in [7, 11) is 2.80. The fraction of sp³-hybridized carbons (Fsp3) is 0.222. The van der Waals surface area contributed by atoms with Crippen LogP contribution in [-0.2, 0) is 4.79 Å². The fourth-order valence-electron chi connectivity index (χ4n) is 2.19. The van der Waals surface area contributed by atoms with Gasteiger partial charge in [-0.15, -0.1) is 0 Å². The molecule has 0 aliphatic carbocycles. The van der Waals surface area contributed by atoms with Crippen molar-refractivity contribution in [2.45, 2.75) is 13.0 Å². The van der Waals surface area contributed by atoms with Gasteiger partial charge in [-0.2, -0.15) is 0 Å². The number of anilines is 1. The average Bonchev–Trinajstić information content (AvgIpc) is 2.60. The maximum absolute atomic E-state index is 12.4. The number of halogens is 1. The van der Waals surface area contributed by atoms with E-state index < -0.39 is 18.0 Å². The summed E-state index contributed by atoms with van der Waals surface area (Å²) in [5.41, 5.74) is -0.0624.